The lowest BCUT2D eigenvalue weighted by Gasteiger charge is -2.37. The maximum Gasteiger partial charge on any atom is 0.319 e. The van der Waals surface area contributed by atoms with E-state index in [2.05, 4.69) is 13.8 Å². The van der Waals surface area contributed by atoms with Crippen LogP contribution in [0.15, 0.2) is 24.3 Å². The molecule has 218 valence electrons. The molecule has 0 saturated carbocycles. The molecule has 1 aromatic carbocycles. The molecule has 12 heteroatoms. The molecule has 39 heavy (non-hydrogen) atoms. The molecule has 12 nitrogen and oxygen atoms in total. The highest BCUT2D eigenvalue weighted by molar-refractivity contribution is 5.71. The predicted octanol–water partition coefficient (Wildman–Crippen LogP) is 0.370. The van der Waals surface area contributed by atoms with Gasteiger partial charge in [0.2, 0.25) is 0 Å². The van der Waals surface area contributed by atoms with Gasteiger partial charge in [0.05, 0.1) is 33.3 Å². The number of hydrogen-bond acceptors (Lipinski definition) is 9. The summed E-state index contributed by atoms with van der Waals surface area (Å²) in [6.07, 6.45) is 0.493. The molecule has 0 amide bonds. The Balaban J connectivity index is 2.40. The Morgan fingerprint density at radius 2 is 1.26 bits per heavy atom. The summed E-state index contributed by atoms with van der Waals surface area (Å²) in [6, 6.07) is 7.78. The molecule has 1 saturated heterocycles. The van der Waals surface area contributed by atoms with Crippen molar-refractivity contribution in [2.75, 3.05) is 79.1 Å². The molecule has 1 atom stereocenters. The van der Waals surface area contributed by atoms with Gasteiger partial charge in [0.25, 0.3) is 0 Å². The van der Waals surface area contributed by atoms with Crippen LogP contribution >= 0.6 is 0 Å². The molecule has 1 fully saturated rings. The summed E-state index contributed by atoms with van der Waals surface area (Å²) in [4.78, 5) is 54.2. The summed E-state index contributed by atoms with van der Waals surface area (Å²) >= 11 is 0. The first-order valence-corrected chi connectivity index (χ1v) is 13.2. The van der Waals surface area contributed by atoms with Crippen molar-refractivity contribution in [3.05, 3.63) is 35.4 Å². The van der Waals surface area contributed by atoms with Crippen LogP contribution in [-0.2, 0) is 30.3 Å². The lowest BCUT2D eigenvalue weighted by Crippen LogP contribution is -2.53. The van der Waals surface area contributed by atoms with E-state index in [0.717, 1.165) is 5.56 Å². The monoisotopic (exact) mass is 550 g/mol. The molecule has 1 aromatic rings. The summed E-state index contributed by atoms with van der Waals surface area (Å²) < 4.78 is 4.81. The Bertz CT molecular complexity index is 956. The van der Waals surface area contributed by atoms with E-state index in [0.29, 0.717) is 45.1 Å². The van der Waals surface area contributed by atoms with E-state index in [9.17, 15) is 34.5 Å². The molecule has 2 rings (SSSR count). The first kappa shape index (κ1) is 32.2. The largest absolute Gasteiger partial charge is 0.480 e. The topological polar surface area (TPSA) is 151 Å². The average Bonchev–Trinajstić information content (AvgIpc) is 2.85. The van der Waals surface area contributed by atoms with Gasteiger partial charge in [0, 0.05) is 51.9 Å². The average molecular weight is 551 g/mol. The second-order valence-electron chi connectivity index (χ2n) is 10.3. The number of carboxylic acid groups (broad SMARTS) is 3. The van der Waals surface area contributed by atoms with Crippen LogP contribution in [0.1, 0.15) is 30.9 Å². The lowest BCUT2D eigenvalue weighted by molar-refractivity contribution is -0.143. The Kier molecular flexibility index (Phi) is 13.3. The third-order valence-electron chi connectivity index (χ3n) is 6.91. The van der Waals surface area contributed by atoms with Crippen molar-refractivity contribution in [1.29, 1.82) is 0 Å². The minimum atomic E-state index is -1.01. The quantitative estimate of drug-likeness (QED) is 0.327. The van der Waals surface area contributed by atoms with E-state index in [1.54, 1.807) is 14.7 Å². The fourth-order valence-electron chi connectivity index (χ4n) is 4.72. The van der Waals surface area contributed by atoms with Gasteiger partial charge in [-0.1, -0.05) is 38.1 Å². The van der Waals surface area contributed by atoms with Gasteiger partial charge in [-0.3, -0.25) is 38.8 Å². The molecule has 0 aromatic heterocycles. The molecule has 1 aliphatic rings. The second-order valence-corrected chi connectivity index (χ2v) is 10.3. The molecule has 0 aliphatic carbocycles. The number of rotatable bonds is 11. The van der Waals surface area contributed by atoms with Gasteiger partial charge in [-0.05, 0) is 23.5 Å². The number of methoxy groups -OCH3 is 1. The summed E-state index contributed by atoms with van der Waals surface area (Å²) in [5.74, 6) is -3.09. The summed E-state index contributed by atoms with van der Waals surface area (Å²) in [5.41, 5.74) is 2.18. The van der Waals surface area contributed by atoms with Gasteiger partial charge in [-0.25, -0.2) is 0 Å². The van der Waals surface area contributed by atoms with Crippen LogP contribution in [0, 0.1) is 0 Å². The summed E-state index contributed by atoms with van der Waals surface area (Å²) in [7, 11) is 1.29. The smallest absolute Gasteiger partial charge is 0.319 e. The Labute approximate surface area is 229 Å². The van der Waals surface area contributed by atoms with Crippen molar-refractivity contribution < 1.29 is 39.2 Å². The zero-order valence-corrected chi connectivity index (χ0v) is 23.1. The highest BCUT2D eigenvalue weighted by atomic mass is 16.5. The number of hydrogen-bond donors (Lipinski definition) is 3. The number of carboxylic acids is 3. The molecule has 1 heterocycles. The Hall–Kier alpha value is -3.06. The third kappa shape index (κ3) is 12.1. The van der Waals surface area contributed by atoms with Gasteiger partial charge in [0.1, 0.15) is 0 Å². The van der Waals surface area contributed by atoms with E-state index in [1.165, 1.54) is 12.7 Å². The number of carbonyl (C=O) groups excluding carboxylic acids is 1. The van der Waals surface area contributed by atoms with Crippen LogP contribution in [-0.4, -0.2) is 144 Å². The standard InChI is InChI=1S/C27H42N4O8/c1-20(2)22-6-4-21(5-7-22)14-23-15-30(17-25(34)35)11-10-29(19-27(38)39-3)9-8-28(16-24(32)33)12-13-31(23)18-26(36)37/h4-7,20,23H,8-19H2,1-3H3,(H,32,33)(H,34,35)(H,36,37). The molecule has 3 N–H and O–H groups in total. The highest BCUT2D eigenvalue weighted by Gasteiger charge is 2.27. The minimum absolute atomic E-state index is 0.00487. The van der Waals surface area contributed by atoms with Gasteiger partial charge in [-0.15, -0.1) is 0 Å². The zero-order valence-electron chi connectivity index (χ0n) is 23.1. The Morgan fingerprint density at radius 1 is 0.769 bits per heavy atom. The first-order chi connectivity index (χ1) is 18.5. The van der Waals surface area contributed by atoms with E-state index < -0.39 is 23.9 Å². The van der Waals surface area contributed by atoms with Crippen molar-refractivity contribution in [3.63, 3.8) is 0 Å². The van der Waals surface area contributed by atoms with E-state index in [1.807, 2.05) is 29.2 Å². The molecule has 0 bridgehead atoms. The maximum atomic E-state index is 12.0. The number of ether oxygens (including phenoxy) is 1. The van der Waals surface area contributed by atoms with Gasteiger partial charge < -0.3 is 20.1 Å². The van der Waals surface area contributed by atoms with Crippen LogP contribution in [0.5, 0.6) is 0 Å². The van der Waals surface area contributed by atoms with Gasteiger partial charge in [-0.2, -0.15) is 0 Å². The number of nitrogens with zero attached hydrogens (tertiary/aromatic N) is 4. The number of esters is 1. The van der Waals surface area contributed by atoms with Gasteiger partial charge in [0.15, 0.2) is 0 Å². The van der Waals surface area contributed by atoms with Crippen LogP contribution in [0.3, 0.4) is 0 Å². The third-order valence-corrected chi connectivity index (χ3v) is 6.91. The van der Waals surface area contributed by atoms with Crippen molar-refractivity contribution in [1.82, 2.24) is 19.6 Å². The maximum absolute atomic E-state index is 12.0. The zero-order chi connectivity index (χ0) is 28.9. The lowest BCUT2D eigenvalue weighted by atomic mass is 9.98. The number of aliphatic carboxylic acids is 3. The van der Waals surface area contributed by atoms with Crippen LogP contribution in [0.2, 0.25) is 0 Å². The van der Waals surface area contributed by atoms with Crippen LogP contribution in [0.25, 0.3) is 0 Å². The highest BCUT2D eigenvalue weighted by Crippen LogP contribution is 2.18. The first-order valence-electron chi connectivity index (χ1n) is 13.2. The van der Waals surface area contributed by atoms with E-state index >= 15 is 0 Å². The molecular weight excluding hydrogens is 508 g/mol. The fraction of sp³-hybridized carbons (Fsp3) is 0.630. The molecule has 0 radical (unpaired) electrons. The van der Waals surface area contributed by atoms with Crippen molar-refractivity contribution in [3.8, 4) is 0 Å². The molecule has 1 aliphatic heterocycles. The van der Waals surface area contributed by atoms with Crippen LogP contribution < -0.4 is 0 Å². The van der Waals surface area contributed by atoms with Crippen molar-refractivity contribution >= 4 is 23.9 Å². The predicted molar refractivity (Wildman–Crippen MR) is 144 cm³/mol. The summed E-state index contributed by atoms with van der Waals surface area (Å²) in [5, 5.41) is 28.7. The SMILES string of the molecule is COC(=O)CN1CCN(CC(=O)O)CCN(CC(=O)O)C(Cc2ccc(C(C)C)cc2)CN(CC(=O)O)CC1. The number of benzene rings is 1. The molecular formula is C27H42N4O8. The molecule has 1 unspecified atom stereocenters. The fourth-order valence-corrected chi connectivity index (χ4v) is 4.72. The van der Waals surface area contributed by atoms with Gasteiger partial charge >= 0.3 is 23.9 Å². The van der Waals surface area contributed by atoms with Crippen molar-refractivity contribution in [2.24, 2.45) is 0 Å². The van der Waals surface area contributed by atoms with E-state index in [4.69, 9.17) is 4.74 Å². The van der Waals surface area contributed by atoms with Crippen molar-refractivity contribution in [2.45, 2.75) is 32.2 Å². The molecule has 0 spiro atoms. The Morgan fingerprint density at radius 3 is 1.77 bits per heavy atom. The minimum Gasteiger partial charge on any atom is -0.480 e. The van der Waals surface area contributed by atoms with E-state index in [-0.39, 0.29) is 45.3 Å². The second kappa shape index (κ2) is 16.1. The normalized spacial score (nSPS) is 19.2. The summed E-state index contributed by atoms with van der Waals surface area (Å²) in [6.45, 7) is 5.75. The van der Waals surface area contributed by atoms with Crippen LogP contribution in [0.4, 0.5) is 0 Å². The number of carbonyl (C=O) groups is 4.